The molecule has 0 atom stereocenters. The number of hydrogen-bond donors (Lipinski definition) is 0. The number of para-hydroxylation sites is 2. The van der Waals surface area contributed by atoms with Crippen LogP contribution in [0.1, 0.15) is 0 Å². The number of nitrogens with zero attached hydrogens (tertiary/aromatic N) is 2. The lowest BCUT2D eigenvalue weighted by Gasteiger charge is -2.27. The molecule has 52 heavy (non-hydrogen) atoms. The third-order valence-corrected chi connectivity index (χ3v) is 9.70. The normalized spacial score (nSPS) is 10.9. The van der Waals surface area contributed by atoms with Gasteiger partial charge in [0.15, 0.2) is 0 Å². The van der Waals surface area contributed by atoms with Crippen LogP contribution in [0.3, 0.4) is 0 Å². The predicted octanol–water partition coefficient (Wildman–Crippen LogP) is 13.9. The average molecular weight is 663 g/mol. The molecule has 9 rings (SSSR count). The molecule has 2 nitrogen and oxygen atoms in total. The van der Waals surface area contributed by atoms with Crippen molar-refractivity contribution < 1.29 is 0 Å². The van der Waals surface area contributed by atoms with Gasteiger partial charge in [-0.1, -0.05) is 152 Å². The van der Waals surface area contributed by atoms with Crippen molar-refractivity contribution >= 4 is 55.7 Å². The predicted molar refractivity (Wildman–Crippen MR) is 219 cm³/mol. The molecule has 0 fully saturated rings. The van der Waals surface area contributed by atoms with Crippen LogP contribution in [-0.4, -0.2) is 0 Å². The van der Waals surface area contributed by atoms with Crippen LogP contribution in [0.4, 0.5) is 34.1 Å². The Morgan fingerprint density at radius 2 is 0.731 bits per heavy atom. The molecule has 244 valence electrons. The molecule has 0 aliphatic rings. The number of rotatable bonds is 8. The molecule has 9 aromatic carbocycles. The Morgan fingerprint density at radius 3 is 1.33 bits per heavy atom. The van der Waals surface area contributed by atoms with Gasteiger partial charge in [-0.25, -0.2) is 0 Å². The first-order chi connectivity index (χ1) is 25.8. The minimum atomic E-state index is 0.983. The summed E-state index contributed by atoms with van der Waals surface area (Å²) in [6, 6.07) is 79.8. The van der Waals surface area contributed by atoms with E-state index in [9.17, 15) is 0 Å². The SMILES string of the molecule is c1cc2ccccc2c(N(c2ccccc2)c2ccc(-c3ccc(-c4ccc(N(c5ccccc5)c5cccc6ccccc56)cc4)cc3)cc2)c#1. The summed E-state index contributed by atoms with van der Waals surface area (Å²) < 4.78 is 0. The summed E-state index contributed by atoms with van der Waals surface area (Å²) in [5, 5.41) is 4.73. The van der Waals surface area contributed by atoms with Gasteiger partial charge in [0.1, 0.15) is 5.69 Å². The second-order valence-corrected chi connectivity index (χ2v) is 12.9. The first-order valence-corrected chi connectivity index (χ1v) is 17.6. The molecule has 0 aliphatic heterocycles. The molecule has 0 unspecified atom stereocenters. The molecule has 0 aromatic heterocycles. The molecule has 0 saturated carbocycles. The summed E-state index contributed by atoms with van der Waals surface area (Å²) >= 11 is 0. The minimum absolute atomic E-state index is 0.983. The van der Waals surface area contributed by atoms with Crippen molar-refractivity contribution in [3.8, 4) is 22.3 Å². The molecule has 0 heterocycles. The fourth-order valence-electron chi connectivity index (χ4n) is 7.12. The number of hydrogen-bond acceptors (Lipinski definition) is 2. The van der Waals surface area contributed by atoms with Gasteiger partial charge in [0.2, 0.25) is 0 Å². The molecule has 0 spiro atoms. The topological polar surface area (TPSA) is 6.48 Å². The van der Waals surface area contributed by atoms with Crippen molar-refractivity contribution in [3.63, 3.8) is 0 Å². The van der Waals surface area contributed by atoms with Crippen molar-refractivity contribution in [2.45, 2.75) is 0 Å². The van der Waals surface area contributed by atoms with Crippen LogP contribution in [-0.2, 0) is 0 Å². The van der Waals surface area contributed by atoms with Gasteiger partial charge in [-0.15, -0.1) is 0 Å². The summed E-state index contributed by atoms with van der Waals surface area (Å²) in [7, 11) is 0. The Morgan fingerprint density at radius 1 is 0.308 bits per heavy atom. The second-order valence-electron chi connectivity index (χ2n) is 12.9. The van der Waals surface area contributed by atoms with Crippen molar-refractivity contribution in [1.29, 1.82) is 0 Å². The number of benzene rings is 8. The summed E-state index contributed by atoms with van der Waals surface area (Å²) in [6.45, 7) is 0. The van der Waals surface area contributed by atoms with Gasteiger partial charge >= 0.3 is 0 Å². The zero-order valence-corrected chi connectivity index (χ0v) is 28.5. The third-order valence-electron chi connectivity index (χ3n) is 9.70. The van der Waals surface area contributed by atoms with Crippen LogP contribution < -0.4 is 9.80 Å². The van der Waals surface area contributed by atoms with Gasteiger partial charge < -0.3 is 9.80 Å². The highest BCUT2D eigenvalue weighted by atomic mass is 15.1. The third kappa shape index (κ3) is 5.92. The Hall–Kier alpha value is -7.08. The lowest BCUT2D eigenvalue weighted by atomic mass is 9.99. The van der Waals surface area contributed by atoms with E-state index in [1.165, 1.54) is 33.0 Å². The van der Waals surface area contributed by atoms with Crippen molar-refractivity contribution in [1.82, 2.24) is 0 Å². The highest BCUT2D eigenvalue weighted by Crippen LogP contribution is 2.40. The van der Waals surface area contributed by atoms with Crippen molar-refractivity contribution in [2.24, 2.45) is 0 Å². The highest BCUT2D eigenvalue weighted by molar-refractivity contribution is 5.99. The smallest absolute Gasteiger partial charge is 0.105 e. The van der Waals surface area contributed by atoms with Crippen LogP contribution in [0, 0.1) is 12.1 Å². The van der Waals surface area contributed by atoms with E-state index in [1.54, 1.807) is 0 Å². The fraction of sp³-hybridized carbons (Fsp3) is 0. The minimum Gasteiger partial charge on any atom is -0.310 e. The molecule has 0 aliphatic carbocycles. The van der Waals surface area contributed by atoms with E-state index >= 15 is 0 Å². The van der Waals surface area contributed by atoms with E-state index < -0.39 is 0 Å². The number of fused-ring (bicyclic) bond motifs is 2. The Kier molecular flexibility index (Phi) is 8.14. The van der Waals surface area contributed by atoms with E-state index in [0.29, 0.717) is 0 Å². The molecule has 0 amide bonds. The lowest BCUT2D eigenvalue weighted by molar-refractivity contribution is 1.30. The van der Waals surface area contributed by atoms with E-state index in [2.05, 4.69) is 216 Å². The fourth-order valence-corrected chi connectivity index (χ4v) is 7.12. The van der Waals surface area contributed by atoms with Crippen LogP contribution in [0.2, 0.25) is 0 Å². The second kappa shape index (κ2) is 13.7. The zero-order chi connectivity index (χ0) is 34.7. The van der Waals surface area contributed by atoms with Crippen molar-refractivity contribution in [3.05, 3.63) is 218 Å². The lowest BCUT2D eigenvalue weighted by Crippen LogP contribution is -2.10. The molecule has 0 saturated heterocycles. The maximum atomic E-state index is 3.41. The van der Waals surface area contributed by atoms with Crippen LogP contribution in [0.25, 0.3) is 43.8 Å². The van der Waals surface area contributed by atoms with Gasteiger partial charge in [-0.05, 0) is 99.8 Å². The summed E-state index contributed by atoms with van der Waals surface area (Å²) in [5.74, 6) is 0. The molecule has 0 bridgehead atoms. The largest absolute Gasteiger partial charge is 0.310 e. The molecular weight excluding hydrogens is 629 g/mol. The first-order valence-electron chi connectivity index (χ1n) is 17.6. The van der Waals surface area contributed by atoms with E-state index in [-0.39, 0.29) is 0 Å². The standard InChI is InChI=1S/C50H34N2/c1-3-17-43(18-4-1)51(49-23-11-15-41-13-7-9-21-47(41)49)45-33-29-39(30-34-45)37-25-27-38(28-26-37)40-31-35-46(36-32-40)52(44-19-5-2-6-20-44)50-24-12-16-42-14-8-10-22-48(42)50/h1-11,13-23,25-36H. The zero-order valence-electron chi connectivity index (χ0n) is 28.5. The Bertz CT molecular complexity index is 2400. The van der Waals surface area contributed by atoms with Gasteiger partial charge in [0.25, 0.3) is 0 Å². The van der Waals surface area contributed by atoms with E-state index in [1.807, 2.05) is 12.1 Å². The quantitative estimate of drug-likeness (QED) is 0.160. The monoisotopic (exact) mass is 662 g/mol. The van der Waals surface area contributed by atoms with Gasteiger partial charge in [0, 0.05) is 33.5 Å². The Labute approximate surface area is 305 Å². The molecule has 0 N–H and O–H groups in total. The highest BCUT2D eigenvalue weighted by Gasteiger charge is 2.17. The summed E-state index contributed by atoms with van der Waals surface area (Å²) in [6.07, 6.45) is 0. The van der Waals surface area contributed by atoms with Crippen LogP contribution in [0.5, 0.6) is 0 Å². The van der Waals surface area contributed by atoms with E-state index in [4.69, 9.17) is 0 Å². The van der Waals surface area contributed by atoms with E-state index in [0.717, 1.165) is 44.9 Å². The van der Waals surface area contributed by atoms with Gasteiger partial charge in [0.05, 0.1) is 5.69 Å². The van der Waals surface area contributed by atoms with Gasteiger partial charge in [-0.3, -0.25) is 0 Å². The Balaban J connectivity index is 1.00. The maximum absolute atomic E-state index is 3.41. The summed E-state index contributed by atoms with van der Waals surface area (Å²) in [4.78, 5) is 4.60. The molecule has 2 heteroatoms. The van der Waals surface area contributed by atoms with Crippen molar-refractivity contribution in [2.75, 3.05) is 9.80 Å². The molecule has 0 radical (unpaired) electrons. The average Bonchev–Trinajstić information content (AvgIpc) is 3.23. The van der Waals surface area contributed by atoms with Crippen LogP contribution in [0.15, 0.2) is 206 Å². The molecular formula is C50H34N2. The number of anilines is 6. The maximum Gasteiger partial charge on any atom is 0.105 e. The first kappa shape index (κ1) is 30.9. The van der Waals surface area contributed by atoms with Gasteiger partial charge in [-0.2, -0.15) is 0 Å². The molecule has 9 aromatic rings. The summed E-state index contributed by atoms with van der Waals surface area (Å²) in [5.41, 5.74) is 11.2. The van der Waals surface area contributed by atoms with Crippen LogP contribution >= 0.6 is 0 Å².